The highest BCUT2D eigenvalue weighted by atomic mass is 19.4. The third kappa shape index (κ3) is 6.37. The van der Waals surface area contributed by atoms with Gasteiger partial charge in [0.25, 0.3) is 5.91 Å². The second-order valence-corrected chi connectivity index (χ2v) is 8.02. The highest BCUT2D eigenvalue weighted by Crippen LogP contribution is 2.24. The van der Waals surface area contributed by atoms with Gasteiger partial charge in [0, 0.05) is 30.8 Å². The third-order valence-electron chi connectivity index (χ3n) is 5.10. The number of carbonyl (C=O) groups excluding carboxylic acids is 2. The molecular formula is C24H20F4N6O3. The minimum Gasteiger partial charge on any atom is -0.484 e. The van der Waals surface area contributed by atoms with Crippen molar-refractivity contribution in [3.63, 3.8) is 0 Å². The van der Waals surface area contributed by atoms with Crippen LogP contribution < -0.4 is 15.4 Å². The van der Waals surface area contributed by atoms with Gasteiger partial charge in [-0.15, -0.1) is 0 Å². The molecule has 0 radical (unpaired) electrons. The van der Waals surface area contributed by atoms with Gasteiger partial charge < -0.3 is 15.4 Å². The van der Waals surface area contributed by atoms with E-state index in [0.29, 0.717) is 28.4 Å². The zero-order valence-corrected chi connectivity index (χ0v) is 19.6. The second-order valence-electron chi connectivity index (χ2n) is 8.02. The highest BCUT2D eigenvalue weighted by molar-refractivity contribution is 5.96. The number of benzene rings is 1. The number of aromatic nitrogens is 4. The van der Waals surface area contributed by atoms with E-state index in [0.717, 1.165) is 18.2 Å². The molecule has 0 unspecified atom stereocenters. The standard InChI is InChI=1S/C24H20F4N6O3/c1-13-18(23(36)30-10-16-7-17(25)3-5-20(16)37-12-24(26,27)28)8-15(9-29-13)19-4-6-22-32-21(31-14(2)35)11-34(22)33-19/h3-9,11H,10,12H2,1-2H3,(H,30,36)(H,31,35). The molecule has 0 saturated heterocycles. The lowest BCUT2D eigenvalue weighted by molar-refractivity contribution is -0.153. The van der Waals surface area contributed by atoms with E-state index in [2.05, 4.69) is 25.7 Å². The van der Waals surface area contributed by atoms with Crippen molar-refractivity contribution in [2.45, 2.75) is 26.6 Å². The van der Waals surface area contributed by atoms with Crippen LogP contribution in [-0.2, 0) is 11.3 Å². The first-order chi connectivity index (χ1) is 17.5. The number of alkyl halides is 3. The van der Waals surface area contributed by atoms with Crippen LogP contribution in [0.3, 0.4) is 0 Å². The Kier molecular flexibility index (Phi) is 7.05. The molecule has 3 aromatic heterocycles. The van der Waals surface area contributed by atoms with Crippen LogP contribution in [0.2, 0.25) is 0 Å². The number of ether oxygens (including phenoxy) is 1. The lowest BCUT2D eigenvalue weighted by atomic mass is 10.1. The molecule has 4 rings (SSSR count). The van der Waals surface area contributed by atoms with Gasteiger partial charge in [-0.05, 0) is 43.3 Å². The van der Waals surface area contributed by atoms with E-state index in [-0.39, 0.29) is 29.3 Å². The lowest BCUT2D eigenvalue weighted by Crippen LogP contribution is -2.25. The van der Waals surface area contributed by atoms with E-state index < -0.39 is 24.5 Å². The molecule has 1 aromatic carbocycles. The lowest BCUT2D eigenvalue weighted by Gasteiger charge is -2.14. The molecule has 0 bridgehead atoms. The molecule has 192 valence electrons. The van der Waals surface area contributed by atoms with Crippen LogP contribution in [0, 0.1) is 12.7 Å². The van der Waals surface area contributed by atoms with Crippen LogP contribution in [0.5, 0.6) is 5.75 Å². The highest BCUT2D eigenvalue weighted by Gasteiger charge is 2.29. The van der Waals surface area contributed by atoms with Crippen LogP contribution in [0.25, 0.3) is 16.9 Å². The van der Waals surface area contributed by atoms with Crippen molar-refractivity contribution in [2.24, 2.45) is 0 Å². The fourth-order valence-corrected chi connectivity index (χ4v) is 3.44. The molecule has 0 aliphatic carbocycles. The van der Waals surface area contributed by atoms with E-state index in [9.17, 15) is 27.2 Å². The van der Waals surface area contributed by atoms with E-state index in [1.165, 1.54) is 23.8 Å². The smallest absolute Gasteiger partial charge is 0.422 e. The molecule has 2 amide bonds. The summed E-state index contributed by atoms with van der Waals surface area (Å²) in [4.78, 5) is 32.7. The quantitative estimate of drug-likeness (QED) is 0.359. The van der Waals surface area contributed by atoms with E-state index >= 15 is 0 Å². The number of amides is 2. The molecule has 0 saturated carbocycles. The average Bonchev–Trinajstić information content (AvgIpc) is 3.22. The first-order valence-corrected chi connectivity index (χ1v) is 10.9. The number of aryl methyl sites for hydroxylation is 1. The minimum absolute atomic E-state index is 0.0431. The molecular weight excluding hydrogens is 496 g/mol. The number of fused-ring (bicyclic) bond motifs is 1. The number of pyridine rings is 1. The van der Waals surface area contributed by atoms with Gasteiger partial charge in [0.15, 0.2) is 18.1 Å². The molecule has 9 nitrogen and oxygen atoms in total. The third-order valence-corrected chi connectivity index (χ3v) is 5.10. The Morgan fingerprint density at radius 3 is 2.65 bits per heavy atom. The number of hydrogen-bond acceptors (Lipinski definition) is 6. The molecule has 0 fully saturated rings. The number of nitrogens with one attached hydrogen (secondary N) is 2. The zero-order chi connectivity index (χ0) is 26.7. The summed E-state index contributed by atoms with van der Waals surface area (Å²) in [5.41, 5.74) is 2.09. The Labute approximate surface area is 207 Å². The Balaban J connectivity index is 1.54. The summed E-state index contributed by atoms with van der Waals surface area (Å²) in [6.45, 7) is 1.15. The van der Waals surface area contributed by atoms with Crippen LogP contribution in [0.4, 0.5) is 23.4 Å². The van der Waals surface area contributed by atoms with Crippen molar-refractivity contribution in [3.05, 3.63) is 71.4 Å². The number of rotatable bonds is 7. The zero-order valence-electron chi connectivity index (χ0n) is 19.6. The summed E-state index contributed by atoms with van der Waals surface area (Å²) in [5, 5.41) is 9.58. The molecule has 0 aliphatic heterocycles. The molecule has 37 heavy (non-hydrogen) atoms. The maximum absolute atomic E-state index is 13.7. The normalized spacial score (nSPS) is 11.4. The van der Waals surface area contributed by atoms with Crippen molar-refractivity contribution in [3.8, 4) is 17.0 Å². The molecule has 0 atom stereocenters. The van der Waals surface area contributed by atoms with E-state index in [4.69, 9.17) is 4.74 Å². The van der Waals surface area contributed by atoms with Gasteiger partial charge >= 0.3 is 6.18 Å². The topological polar surface area (TPSA) is 111 Å². The molecule has 4 aromatic rings. The van der Waals surface area contributed by atoms with Crippen LogP contribution in [0.1, 0.15) is 28.5 Å². The number of halogens is 4. The summed E-state index contributed by atoms with van der Waals surface area (Å²) in [7, 11) is 0. The van der Waals surface area contributed by atoms with Gasteiger partial charge in [0.1, 0.15) is 11.6 Å². The van der Waals surface area contributed by atoms with Gasteiger partial charge in [0.05, 0.1) is 23.1 Å². The van der Waals surface area contributed by atoms with Crippen molar-refractivity contribution < 1.29 is 31.9 Å². The minimum atomic E-state index is -4.57. The maximum Gasteiger partial charge on any atom is 0.422 e. The molecule has 0 aliphatic rings. The molecule has 13 heteroatoms. The number of anilines is 1. The largest absolute Gasteiger partial charge is 0.484 e. The molecule has 3 heterocycles. The Morgan fingerprint density at radius 1 is 1.14 bits per heavy atom. The van der Waals surface area contributed by atoms with E-state index in [1.54, 1.807) is 25.1 Å². The second kappa shape index (κ2) is 10.2. The summed E-state index contributed by atoms with van der Waals surface area (Å²) in [6, 6.07) is 7.95. The Morgan fingerprint density at radius 2 is 1.92 bits per heavy atom. The first-order valence-electron chi connectivity index (χ1n) is 10.9. The Bertz CT molecular complexity index is 1490. The van der Waals surface area contributed by atoms with Gasteiger partial charge in [-0.25, -0.2) is 13.9 Å². The fraction of sp³-hybridized carbons (Fsp3) is 0.208. The molecule has 2 N–H and O–H groups in total. The van der Waals surface area contributed by atoms with Crippen LogP contribution in [-0.4, -0.2) is 44.2 Å². The summed E-state index contributed by atoms with van der Waals surface area (Å²) in [6.07, 6.45) is -1.51. The predicted octanol–water partition coefficient (Wildman–Crippen LogP) is 4.07. The van der Waals surface area contributed by atoms with E-state index in [1.807, 2.05) is 0 Å². The van der Waals surface area contributed by atoms with Crippen LogP contribution in [0.15, 0.2) is 48.8 Å². The number of imidazole rings is 1. The Hall–Kier alpha value is -4.55. The van der Waals surface area contributed by atoms with Crippen molar-refractivity contribution in [1.82, 2.24) is 24.9 Å². The predicted molar refractivity (Wildman–Crippen MR) is 124 cm³/mol. The number of carbonyl (C=O) groups is 2. The average molecular weight is 516 g/mol. The van der Waals surface area contributed by atoms with Crippen molar-refractivity contribution in [2.75, 3.05) is 11.9 Å². The summed E-state index contributed by atoms with van der Waals surface area (Å²) >= 11 is 0. The maximum atomic E-state index is 13.7. The fourth-order valence-electron chi connectivity index (χ4n) is 3.44. The van der Waals surface area contributed by atoms with Gasteiger partial charge in [-0.1, -0.05) is 0 Å². The van der Waals surface area contributed by atoms with Crippen LogP contribution >= 0.6 is 0 Å². The number of nitrogens with zero attached hydrogens (tertiary/aromatic N) is 4. The van der Waals surface area contributed by atoms with Crippen molar-refractivity contribution >= 4 is 23.3 Å². The first kappa shape index (κ1) is 25.5. The SMILES string of the molecule is CC(=O)Nc1cn2nc(-c3cnc(C)c(C(=O)NCc4cc(F)ccc4OCC(F)(F)F)c3)ccc2n1. The van der Waals surface area contributed by atoms with Crippen molar-refractivity contribution in [1.29, 1.82) is 0 Å². The molecule has 0 spiro atoms. The van der Waals surface area contributed by atoms with Gasteiger partial charge in [0.2, 0.25) is 5.91 Å². The summed E-state index contributed by atoms with van der Waals surface area (Å²) in [5.74, 6) is -1.41. The van der Waals surface area contributed by atoms with Gasteiger partial charge in [-0.2, -0.15) is 18.3 Å². The monoisotopic (exact) mass is 516 g/mol. The van der Waals surface area contributed by atoms with Gasteiger partial charge in [-0.3, -0.25) is 14.6 Å². The summed E-state index contributed by atoms with van der Waals surface area (Å²) < 4.78 is 57.6. The number of hydrogen-bond donors (Lipinski definition) is 2.